The molecular weight excluding hydrogens is 444 g/mol. The van der Waals surface area contributed by atoms with Crippen LogP contribution < -0.4 is 4.74 Å². The van der Waals surface area contributed by atoms with Gasteiger partial charge >= 0.3 is 6.09 Å². The van der Waals surface area contributed by atoms with Crippen molar-refractivity contribution in [2.75, 3.05) is 7.11 Å². The topological polar surface area (TPSA) is 99.5 Å². The number of aromatic nitrogens is 2. The zero-order valence-electron chi connectivity index (χ0n) is 19.9. The first-order valence-electron chi connectivity index (χ1n) is 11.3. The van der Waals surface area contributed by atoms with Gasteiger partial charge in [0.05, 0.1) is 13.7 Å². The number of carbonyl (C=O) groups is 1. The third-order valence-electron chi connectivity index (χ3n) is 6.18. The molecule has 4 atom stereocenters. The van der Waals surface area contributed by atoms with E-state index in [-0.39, 0.29) is 0 Å². The Morgan fingerprint density at radius 2 is 1.50 bits per heavy atom. The number of fused-ring (bicyclic) bond motifs is 2. The number of rotatable bonds is 5. The standard InChI is InChI=1S/C24H30N2O8/c1-23(2)31-18-16(29-12-14-6-8-15(28-5)9-7-14)19-21(34-24(3,4)32-19)17(20(18)33-23)30-22(27)26-11-10-25-13-26/h6-11,13,16-21H,12H2,1-5H3/t16?,17?,18-,19-,20-,21-/m0/s1. The lowest BCUT2D eigenvalue weighted by Crippen LogP contribution is -2.63. The van der Waals surface area contributed by atoms with E-state index < -0.39 is 54.3 Å². The molecule has 2 saturated heterocycles. The largest absolute Gasteiger partial charge is 0.497 e. The number of imidazole rings is 1. The summed E-state index contributed by atoms with van der Waals surface area (Å²) in [4.78, 5) is 16.7. The van der Waals surface area contributed by atoms with Gasteiger partial charge < -0.3 is 33.2 Å². The first-order chi connectivity index (χ1) is 16.2. The summed E-state index contributed by atoms with van der Waals surface area (Å²) < 4.78 is 43.7. The van der Waals surface area contributed by atoms with Gasteiger partial charge in [-0.05, 0) is 45.4 Å². The maximum absolute atomic E-state index is 12.8. The molecular formula is C24H30N2O8. The fraction of sp³-hybridized carbons (Fsp3) is 0.583. The van der Waals surface area contributed by atoms with E-state index in [1.807, 2.05) is 52.0 Å². The zero-order valence-corrected chi connectivity index (χ0v) is 19.9. The Morgan fingerprint density at radius 1 is 0.941 bits per heavy atom. The summed E-state index contributed by atoms with van der Waals surface area (Å²) in [6.45, 7) is 7.61. The van der Waals surface area contributed by atoms with Gasteiger partial charge in [0.25, 0.3) is 0 Å². The summed E-state index contributed by atoms with van der Waals surface area (Å²) in [5.41, 5.74) is 0.971. The molecule has 3 aliphatic rings. The molecule has 10 heteroatoms. The molecule has 2 aliphatic heterocycles. The first kappa shape index (κ1) is 23.3. The van der Waals surface area contributed by atoms with E-state index in [9.17, 15) is 4.79 Å². The van der Waals surface area contributed by atoms with Crippen LogP contribution in [0.2, 0.25) is 0 Å². The van der Waals surface area contributed by atoms with Crippen molar-refractivity contribution < 1.29 is 38.0 Å². The van der Waals surface area contributed by atoms with Gasteiger partial charge in [-0.3, -0.25) is 0 Å². The third-order valence-corrected chi connectivity index (χ3v) is 6.18. The van der Waals surface area contributed by atoms with Crippen LogP contribution in [0.1, 0.15) is 33.3 Å². The summed E-state index contributed by atoms with van der Waals surface area (Å²) in [6, 6.07) is 7.65. The van der Waals surface area contributed by atoms with Crippen LogP contribution in [0, 0.1) is 0 Å². The molecule has 0 amide bonds. The molecule has 34 heavy (non-hydrogen) atoms. The van der Waals surface area contributed by atoms with Gasteiger partial charge in [0, 0.05) is 12.4 Å². The molecule has 1 aliphatic carbocycles. The van der Waals surface area contributed by atoms with Crippen LogP contribution in [0.25, 0.3) is 0 Å². The van der Waals surface area contributed by atoms with E-state index >= 15 is 0 Å². The fourth-order valence-corrected chi connectivity index (χ4v) is 4.81. The summed E-state index contributed by atoms with van der Waals surface area (Å²) in [5, 5.41) is 0. The molecule has 2 aromatic rings. The first-order valence-corrected chi connectivity index (χ1v) is 11.3. The van der Waals surface area contributed by atoms with Crippen molar-refractivity contribution in [3.63, 3.8) is 0 Å². The van der Waals surface area contributed by atoms with Crippen molar-refractivity contribution in [1.82, 2.24) is 9.55 Å². The molecule has 184 valence electrons. The normalized spacial score (nSPS) is 33.2. The predicted molar refractivity (Wildman–Crippen MR) is 117 cm³/mol. The molecule has 1 saturated carbocycles. The predicted octanol–water partition coefficient (Wildman–Crippen LogP) is 2.88. The lowest BCUT2D eigenvalue weighted by Gasteiger charge is -2.42. The Morgan fingerprint density at radius 3 is 2.00 bits per heavy atom. The van der Waals surface area contributed by atoms with Gasteiger partial charge in [0.15, 0.2) is 17.7 Å². The van der Waals surface area contributed by atoms with E-state index in [2.05, 4.69) is 4.98 Å². The molecule has 0 spiro atoms. The third kappa shape index (κ3) is 4.44. The monoisotopic (exact) mass is 474 g/mol. The number of methoxy groups -OCH3 is 1. The van der Waals surface area contributed by atoms with Crippen molar-refractivity contribution >= 4 is 6.09 Å². The van der Waals surface area contributed by atoms with Gasteiger partial charge in [-0.25, -0.2) is 14.3 Å². The van der Waals surface area contributed by atoms with E-state index in [0.29, 0.717) is 6.61 Å². The van der Waals surface area contributed by atoms with Crippen LogP contribution >= 0.6 is 0 Å². The smallest absolute Gasteiger partial charge is 0.419 e. The van der Waals surface area contributed by atoms with Gasteiger partial charge in [-0.1, -0.05) is 12.1 Å². The highest BCUT2D eigenvalue weighted by atomic mass is 16.8. The molecule has 0 N–H and O–H groups in total. The summed E-state index contributed by atoms with van der Waals surface area (Å²) in [5.74, 6) is -1.02. The lowest BCUT2D eigenvalue weighted by atomic mass is 9.84. The lowest BCUT2D eigenvalue weighted by molar-refractivity contribution is -0.190. The SMILES string of the molecule is COc1ccc(COC2[C@@H]3OC(C)(C)O[C@H]3C(OC(=O)n3ccnc3)[C@@H]3OC(C)(C)O[C@@H]23)cc1. The van der Waals surface area contributed by atoms with E-state index in [0.717, 1.165) is 11.3 Å². The molecule has 0 unspecified atom stereocenters. The minimum atomic E-state index is -0.898. The fourth-order valence-electron chi connectivity index (χ4n) is 4.81. The molecule has 1 aromatic heterocycles. The molecule has 0 radical (unpaired) electrons. The van der Waals surface area contributed by atoms with E-state index in [1.165, 1.54) is 23.3 Å². The van der Waals surface area contributed by atoms with Gasteiger partial charge in [-0.15, -0.1) is 0 Å². The Labute approximate surface area is 198 Å². The Hall–Kier alpha value is -2.50. The number of ether oxygens (including phenoxy) is 7. The van der Waals surface area contributed by atoms with E-state index in [4.69, 9.17) is 33.2 Å². The van der Waals surface area contributed by atoms with Crippen LogP contribution in [-0.2, 0) is 35.0 Å². The highest BCUT2D eigenvalue weighted by Gasteiger charge is 2.65. The molecule has 0 bridgehead atoms. The Balaban J connectivity index is 1.41. The number of nitrogens with zero attached hydrogens (tertiary/aromatic N) is 2. The maximum atomic E-state index is 12.8. The van der Waals surface area contributed by atoms with Crippen LogP contribution in [0.4, 0.5) is 4.79 Å². The van der Waals surface area contributed by atoms with E-state index in [1.54, 1.807) is 7.11 Å². The maximum Gasteiger partial charge on any atom is 0.419 e. The second-order valence-corrected chi connectivity index (χ2v) is 9.57. The number of hydrogen-bond acceptors (Lipinski definition) is 9. The van der Waals surface area contributed by atoms with Crippen molar-refractivity contribution in [3.8, 4) is 5.75 Å². The second kappa shape index (κ2) is 8.62. The van der Waals surface area contributed by atoms with Crippen LogP contribution in [0.15, 0.2) is 43.0 Å². The van der Waals surface area contributed by atoms with Gasteiger partial charge in [0.1, 0.15) is 42.6 Å². The average Bonchev–Trinajstić information content (AvgIpc) is 3.50. The zero-order chi connectivity index (χ0) is 24.1. The quantitative estimate of drug-likeness (QED) is 0.648. The molecule has 3 heterocycles. The summed E-state index contributed by atoms with van der Waals surface area (Å²) >= 11 is 0. The van der Waals surface area contributed by atoms with Crippen LogP contribution in [0.3, 0.4) is 0 Å². The van der Waals surface area contributed by atoms with Crippen molar-refractivity contribution in [2.24, 2.45) is 0 Å². The second-order valence-electron chi connectivity index (χ2n) is 9.57. The van der Waals surface area contributed by atoms with Gasteiger partial charge in [-0.2, -0.15) is 0 Å². The molecule has 10 nitrogen and oxygen atoms in total. The summed E-state index contributed by atoms with van der Waals surface area (Å²) in [6.07, 6.45) is 0.258. The van der Waals surface area contributed by atoms with Crippen molar-refractivity contribution in [1.29, 1.82) is 0 Å². The highest BCUT2D eigenvalue weighted by molar-refractivity contribution is 5.70. The van der Waals surface area contributed by atoms with Crippen molar-refractivity contribution in [3.05, 3.63) is 48.5 Å². The van der Waals surface area contributed by atoms with Crippen molar-refractivity contribution in [2.45, 2.75) is 82.5 Å². The number of carbonyl (C=O) groups excluding carboxylic acids is 1. The van der Waals surface area contributed by atoms with Gasteiger partial charge in [0.2, 0.25) is 0 Å². The minimum absolute atomic E-state index is 0.328. The van der Waals surface area contributed by atoms with Crippen LogP contribution in [-0.4, -0.2) is 71.0 Å². The van der Waals surface area contributed by atoms with Crippen LogP contribution in [0.5, 0.6) is 5.75 Å². The minimum Gasteiger partial charge on any atom is -0.497 e. The highest BCUT2D eigenvalue weighted by Crippen LogP contribution is 2.46. The molecule has 3 fully saturated rings. The summed E-state index contributed by atoms with van der Waals surface area (Å²) in [7, 11) is 1.63. The Kier molecular flexibility index (Phi) is 5.89. The molecule has 1 aromatic carbocycles. The molecule has 5 rings (SSSR count). The number of hydrogen-bond donors (Lipinski definition) is 0. The number of benzene rings is 1. The Bertz CT molecular complexity index is 974. The average molecular weight is 475 g/mol.